The molecule has 0 unspecified atom stereocenters. The number of fused-ring (bicyclic) bond motifs is 1. The summed E-state index contributed by atoms with van der Waals surface area (Å²) >= 11 is 0. The number of amides is 1. The highest BCUT2D eigenvalue weighted by Gasteiger charge is 2.41. The fraction of sp³-hybridized carbons (Fsp3) is 0.444. The Bertz CT molecular complexity index is 821. The van der Waals surface area contributed by atoms with E-state index in [9.17, 15) is 13.6 Å². The van der Waals surface area contributed by atoms with Crippen molar-refractivity contribution in [3.05, 3.63) is 47.5 Å². The number of hydrogen-bond acceptors (Lipinski definition) is 3. The number of rotatable bonds is 2. The number of aromatic nitrogens is 2. The number of nitrogens with zero attached hydrogens (tertiary/aromatic N) is 3. The number of imidazole rings is 1. The second-order valence-corrected chi connectivity index (χ2v) is 6.53. The molecule has 25 heavy (non-hydrogen) atoms. The minimum absolute atomic E-state index is 0.0849. The Balaban J connectivity index is 1.69. The zero-order chi connectivity index (χ0) is 17.6. The second kappa shape index (κ2) is 6.22. The number of halogens is 2. The predicted molar refractivity (Wildman–Crippen MR) is 87.0 cm³/mol. The molecule has 0 bridgehead atoms. The lowest BCUT2D eigenvalue weighted by Gasteiger charge is -2.32. The summed E-state index contributed by atoms with van der Waals surface area (Å²) in [5, 5.41) is 0. The third-order valence-electron chi connectivity index (χ3n) is 5.04. The van der Waals surface area contributed by atoms with Gasteiger partial charge in [-0.1, -0.05) is 0 Å². The molecule has 0 N–H and O–H groups in total. The first-order valence-corrected chi connectivity index (χ1v) is 8.45. The van der Waals surface area contributed by atoms with Gasteiger partial charge in [-0.2, -0.15) is 0 Å². The molecule has 7 heteroatoms. The maximum atomic E-state index is 14.4. The molecule has 2 aliphatic rings. The van der Waals surface area contributed by atoms with Crippen molar-refractivity contribution in [3.8, 4) is 0 Å². The molecule has 0 aliphatic carbocycles. The van der Waals surface area contributed by atoms with E-state index in [0.29, 0.717) is 38.2 Å². The SMILES string of the molecule is Cn1ccnc1[C@@H]1OCC[C@H]1C(=O)N1CCCc2c(F)ccc(F)c21. The number of carbonyl (C=O) groups excluding carboxylic acids is 1. The molecular weight excluding hydrogens is 328 g/mol. The molecule has 5 nitrogen and oxygen atoms in total. The molecule has 4 rings (SSSR count). The average molecular weight is 347 g/mol. The van der Waals surface area contributed by atoms with Crippen LogP contribution in [0.1, 0.15) is 30.3 Å². The van der Waals surface area contributed by atoms with E-state index in [1.54, 1.807) is 12.4 Å². The van der Waals surface area contributed by atoms with Crippen LogP contribution in [-0.4, -0.2) is 28.6 Å². The number of aryl methyl sites for hydroxylation is 1. The lowest BCUT2D eigenvalue weighted by molar-refractivity contribution is -0.124. The Morgan fingerprint density at radius 1 is 1.32 bits per heavy atom. The fourth-order valence-electron chi connectivity index (χ4n) is 3.81. The molecule has 0 radical (unpaired) electrons. The maximum absolute atomic E-state index is 14.4. The van der Waals surface area contributed by atoms with E-state index in [1.165, 1.54) is 4.90 Å². The zero-order valence-corrected chi connectivity index (χ0v) is 13.9. The van der Waals surface area contributed by atoms with Gasteiger partial charge in [0.05, 0.1) is 11.6 Å². The molecular formula is C18H19F2N3O2. The van der Waals surface area contributed by atoms with E-state index < -0.39 is 23.7 Å². The van der Waals surface area contributed by atoms with E-state index in [4.69, 9.17) is 4.74 Å². The van der Waals surface area contributed by atoms with Crippen LogP contribution in [0.25, 0.3) is 0 Å². The summed E-state index contributed by atoms with van der Waals surface area (Å²) in [5.41, 5.74) is 0.369. The van der Waals surface area contributed by atoms with Crippen molar-refractivity contribution in [2.45, 2.75) is 25.4 Å². The largest absolute Gasteiger partial charge is 0.369 e. The van der Waals surface area contributed by atoms with Crippen LogP contribution in [0.4, 0.5) is 14.5 Å². The van der Waals surface area contributed by atoms with E-state index in [-0.39, 0.29) is 17.2 Å². The fourth-order valence-corrected chi connectivity index (χ4v) is 3.81. The highest BCUT2D eigenvalue weighted by Crippen LogP contribution is 2.39. The molecule has 1 aromatic carbocycles. The summed E-state index contributed by atoms with van der Waals surface area (Å²) in [5.74, 6) is -1.02. The highest BCUT2D eigenvalue weighted by molar-refractivity contribution is 5.97. The van der Waals surface area contributed by atoms with Crippen LogP contribution in [0.3, 0.4) is 0 Å². The van der Waals surface area contributed by atoms with Crippen molar-refractivity contribution in [1.29, 1.82) is 0 Å². The van der Waals surface area contributed by atoms with Crippen molar-refractivity contribution in [2.75, 3.05) is 18.1 Å². The molecule has 1 fully saturated rings. The Hall–Kier alpha value is -2.28. The topological polar surface area (TPSA) is 47.4 Å². The van der Waals surface area contributed by atoms with Crippen LogP contribution in [0.2, 0.25) is 0 Å². The summed E-state index contributed by atoms with van der Waals surface area (Å²) in [7, 11) is 1.84. The van der Waals surface area contributed by atoms with Crippen LogP contribution in [-0.2, 0) is 23.0 Å². The van der Waals surface area contributed by atoms with Gasteiger partial charge < -0.3 is 14.2 Å². The van der Waals surface area contributed by atoms with Gasteiger partial charge in [-0.15, -0.1) is 0 Å². The zero-order valence-electron chi connectivity index (χ0n) is 13.9. The first-order chi connectivity index (χ1) is 12.1. The maximum Gasteiger partial charge on any atom is 0.233 e. The first kappa shape index (κ1) is 16.2. The lowest BCUT2D eigenvalue weighted by atomic mass is 9.95. The molecule has 1 aromatic heterocycles. The van der Waals surface area contributed by atoms with Gasteiger partial charge in [0.1, 0.15) is 23.6 Å². The van der Waals surface area contributed by atoms with Crippen molar-refractivity contribution in [1.82, 2.24) is 9.55 Å². The quantitative estimate of drug-likeness (QED) is 0.839. The molecule has 0 saturated carbocycles. The Labute approximate surface area is 144 Å². The van der Waals surface area contributed by atoms with E-state index in [0.717, 1.165) is 12.1 Å². The number of ether oxygens (including phenoxy) is 1. The predicted octanol–water partition coefficient (Wildman–Crippen LogP) is 2.76. The molecule has 2 aromatic rings. The van der Waals surface area contributed by atoms with Crippen LogP contribution in [0, 0.1) is 17.6 Å². The molecule has 3 heterocycles. The highest BCUT2D eigenvalue weighted by atomic mass is 19.1. The number of hydrogen-bond donors (Lipinski definition) is 0. The van der Waals surface area contributed by atoms with Crippen molar-refractivity contribution < 1.29 is 18.3 Å². The van der Waals surface area contributed by atoms with Gasteiger partial charge in [0.25, 0.3) is 0 Å². The Morgan fingerprint density at radius 3 is 2.88 bits per heavy atom. The van der Waals surface area contributed by atoms with Gasteiger partial charge >= 0.3 is 0 Å². The normalized spacial score (nSPS) is 22.9. The van der Waals surface area contributed by atoms with Gasteiger partial charge in [0.2, 0.25) is 5.91 Å². The number of anilines is 1. The summed E-state index contributed by atoms with van der Waals surface area (Å²) in [6.45, 7) is 0.830. The van der Waals surface area contributed by atoms with Crippen molar-refractivity contribution in [2.24, 2.45) is 13.0 Å². The van der Waals surface area contributed by atoms with Crippen molar-refractivity contribution >= 4 is 11.6 Å². The van der Waals surface area contributed by atoms with Gasteiger partial charge in [-0.25, -0.2) is 13.8 Å². The monoisotopic (exact) mass is 347 g/mol. The van der Waals surface area contributed by atoms with Crippen molar-refractivity contribution in [3.63, 3.8) is 0 Å². The smallest absolute Gasteiger partial charge is 0.233 e. The van der Waals surface area contributed by atoms with Crippen LogP contribution in [0.5, 0.6) is 0 Å². The summed E-state index contributed by atoms with van der Waals surface area (Å²) < 4.78 is 36.0. The van der Waals surface area contributed by atoms with Gasteiger partial charge in [0, 0.05) is 38.2 Å². The Kier molecular flexibility index (Phi) is 4.03. The Morgan fingerprint density at radius 2 is 2.12 bits per heavy atom. The van der Waals surface area contributed by atoms with Gasteiger partial charge in [0.15, 0.2) is 0 Å². The molecule has 2 aliphatic heterocycles. The van der Waals surface area contributed by atoms with E-state index in [2.05, 4.69) is 4.98 Å². The standard InChI is InChI=1S/C18H19F2N3O2/c1-22-9-7-21-17(22)16-12(6-10-25-16)18(24)23-8-2-3-11-13(19)4-5-14(20)15(11)23/h4-5,7,9,12,16H,2-3,6,8,10H2,1H3/t12-,16-/m1/s1. The van der Waals surface area contributed by atoms with Crippen LogP contribution in [0.15, 0.2) is 24.5 Å². The van der Waals surface area contributed by atoms with Gasteiger partial charge in [-0.05, 0) is 31.4 Å². The third kappa shape index (κ3) is 2.63. The van der Waals surface area contributed by atoms with Crippen LogP contribution >= 0.6 is 0 Å². The minimum Gasteiger partial charge on any atom is -0.369 e. The van der Waals surface area contributed by atoms with E-state index in [1.807, 2.05) is 11.6 Å². The number of benzene rings is 1. The van der Waals surface area contributed by atoms with E-state index >= 15 is 0 Å². The molecule has 1 amide bonds. The minimum atomic E-state index is -0.558. The third-order valence-corrected chi connectivity index (χ3v) is 5.04. The summed E-state index contributed by atoms with van der Waals surface area (Å²) in [6, 6.07) is 2.21. The first-order valence-electron chi connectivity index (χ1n) is 8.45. The molecule has 1 saturated heterocycles. The molecule has 2 atom stereocenters. The van der Waals surface area contributed by atoms with Crippen LogP contribution < -0.4 is 4.90 Å². The average Bonchev–Trinajstić information content (AvgIpc) is 3.25. The molecule has 0 spiro atoms. The van der Waals surface area contributed by atoms with Gasteiger partial charge in [-0.3, -0.25) is 4.79 Å². The lowest BCUT2D eigenvalue weighted by Crippen LogP contribution is -2.41. The summed E-state index contributed by atoms with van der Waals surface area (Å²) in [4.78, 5) is 18.8. The second-order valence-electron chi connectivity index (χ2n) is 6.53. The number of carbonyl (C=O) groups is 1. The molecule has 132 valence electrons. The summed E-state index contributed by atoms with van der Waals surface area (Å²) in [6.07, 6.45) is 4.58.